The Kier molecular flexibility index (Phi) is 7.43. The van der Waals surface area contributed by atoms with E-state index in [2.05, 4.69) is 19.2 Å². The summed E-state index contributed by atoms with van der Waals surface area (Å²) in [5.41, 5.74) is 0.903. The van der Waals surface area contributed by atoms with E-state index in [4.69, 9.17) is 9.84 Å². The number of hydrogen-bond donors (Lipinski definition) is 2. The molecule has 0 saturated carbocycles. The third-order valence-corrected chi connectivity index (χ3v) is 3.07. The minimum Gasteiger partial charge on any atom is -0.493 e. The monoisotopic (exact) mass is 307 g/mol. The van der Waals surface area contributed by atoms with Gasteiger partial charge < -0.3 is 15.2 Å². The summed E-state index contributed by atoms with van der Waals surface area (Å²) >= 11 is 0. The smallest absolute Gasteiger partial charge is 0.303 e. The fourth-order valence-corrected chi connectivity index (χ4v) is 1.89. The molecule has 0 aromatic heterocycles. The lowest BCUT2D eigenvalue weighted by atomic mass is 10.1. The molecular formula is C17H25NO4. The number of carbonyl (C=O) groups is 2. The fourth-order valence-electron chi connectivity index (χ4n) is 1.89. The zero-order chi connectivity index (χ0) is 16.5. The SMILES string of the molecule is CC(C)COc1ccc(CC(=O)NC(C)CCC(=O)O)cc1. The number of benzene rings is 1. The van der Waals surface area contributed by atoms with Gasteiger partial charge in [-0.1, -0.05) is 26.0 Å². The number of nitrogens with one attached hydrogen (secondary N) is 1. The van der Waals surface area contributed by atoms with Crippen LogP contribution in [0.15, 0.2) is 24.3 Å². The summed E-state index contributed by atoms with van der Waals surface area (Å²) in [6.45, 7) is 6.65. The molecule has 0 heterocycles. The summed E-state index contributed by atoms with van der Waals surface area (Å²) in [5.74, 6) is 0.317. The molecule has 5 nitrogen and oxygen atoms in total. The van der Waals surface area contributed by atoms with Crippen LogP contribution in [0.1, 0.15) is 39.2 Å². The summed E-state index contributed by atoms with van der Waals surface area (Å²) in [6.07, 6.45) is 0.772. The van der Waals surface area contributed by atoms with Gasteiger partial charge in [0.05, 0.1) is 13.0 Å². The van der Waals surface area contributed by atoms with Crippen LogP contribution in [0.25, 0.3) is 0 Å². The quantitative estimate of drug-likeness (QED) is 0.735. The van der Waals surface area contributed by atoms with Crippen LogP contribution in [-0.2, 0) is 16.0 Å². The third kappa shape index (κ3) is 7.67. The van der Waals surface area contributed by atoms with Gasteiger partial charge in [-0.3, -0.25) is 9.59 Å². The third-order valence-electron chi connectivity index (χ3n) is 3.07. The van der Waals surface area contributed by atoms with E-state index < -0.39 is 5.97 Å². The lowest BCUT2D eigenvalue weighted by molar-refractivity contribution is -0.137. The maximum absolute atomic E-state index is 11.9. The van der Waals surface area contributed by atoms with Crippen LogP contribution in [0.5, 0.6) is 5.75 Å². The highest BCUT2D eigenvalue weighted by molar-refractivity contribution is 5.79. The first-order chi connectivity index (χ1) is 10.4. The Labute approximate surface area is 131 Å². The maximum Gasteiger partial charge on any atom is 0.303 e. The number of amides is 1. The Morgan fingerprint density at radius 2 is 1.82 bits per heavy atom. The van der Waals surface area contributed by atoms with Crippen LogP contribution in [0.4, 0.5) is 0 Å². The van der Waals surface area contributed by atoms with E-state index in [9.17, 15) is 9.59 Å². The zero-order valence-electron chi connectivity index (χ0n) is 13.5. The molecule has 2 N–H and O–H groups in total. The van der Waals surface area contributed by atoms with Crippen molar-refractivity contribution in [1.82, 2.24) is 5.32 Å². The second kappa shape index (κ2) is 9.07. The highest BCUT2D eigenvalue weighted by Crippen LogP contribution is 2.13. The topological polar surface area (TPSA) is 75.6 Å². The molecule has 0 aliphatic rings. The maximum atomic E-state index is 11.9. The first-order valence-corrected chi connectivity index (χ1v) is 7.59. The van der Waals surface area contributed by atoms with Gasteiger partial charge in [0.2, 0.25) is 5.91 Å². The largest absolute Gasteiger partial charge is 0.493 e. The van der Waals surface area contributed by atoms with Crippen LogP contribution < -0.4 is 10.1 Å². The molecule has 0 fully saturated rings. The highest BCUT2D eigenvalue weighted by Gasteiger charge is 2.10. The predicted octanol–water partition coefficient (Wildman–Crippen LogP) is 2.63. The molecule has 0 aliphatic carbocycles. The van der Waals surface area contributed by atoms with Crippen molar-refractivity contribution in [2.24, 2.45) is 5.92 Å². The zero-order valence-corrected chi connectivity index (χ0v) is 13.5. The minimum atomic E-state index is -0.849. The first kappa shape index (κ1) is 18.0. The molecule has 1 aromatic carbocycles. The number of hydrogen-bond acceptors (Lipinski definition) is 3. The Morgan fingerprint density at radius 3 is 2.36 bits per heavy atom. The molecule has 1 unspecified atom stereocenters. The lowest BCUT2D eigenvalue weighted by Gasteiger charge is -2.13. The Morgan fingerprint density at radius 1 is 1.18 bits per heavy atom. The number of carbonyl (C=O) groups excluding carboxylic acids is 1. The molecule has 22 heavy (non-hydrogen) atoms. The molecular weight excluding hydrogens is 282 g/mol. The number of carboxylic acid groups (broad SMARTS) is 1. The van der Waals surface area contributed by atoms with Gasteiger partial charge in [-0.05, 0) is 37.0 Å². The molecule has 122 valence electrons. The van der Waals surface area contributed by atoms with Gasteiger partial charge in [-0.15, -0.1) is 0 Å². The summed E-state index contributed by atoms with van der Waals surface area (Å²) in [7, 11) is 0. The van der Waals surface area contributed by atoms with Crippen molar-refractivity contribution < 1.29 is 19.4 Å². The molecule has 1 aromatic rings. The predicted molar refractivity (Wildman–Crippen MR) is 85.0 cm³/mol. The average Bonchev–Trinajstić information content (AvgIpc) is 2.44. The van der Waals surface area contributed by atoms with Gasteiger partial charge in [-0.25, -0.2) is 0 Å². The summed E-state index contributed by atoms with van der Waals surface area (Å²) in [5, 5.41) is 11.4. The fraction of sp³-hybridized carbons (Fsp3) is 0.529. The van der Waals surface area contributed by atoms with Crippen LogP contribution >= 0.6 is 0 Å². The van der Waals surface area contributed by atoms with Crippen LogP contribution in [0.2, 0.25) is 0 Å². The number of carboxylic acids is 1. The van der Waals surface area contributed by atoms with Gasteiger partial charge in [0, 0.05) is 12.5 Å². The van der Waals surface area contributed by atoms with Gasteiger partial charge in [0.25, 0.3) is 0 Å². The lowest BCUT2D eigenvalue weighted by Crippen LogP contribution is -2.34. The second-order valence-electron chi connectivity index (χ2n) is 5.93. The average molecular weight is 307 g/mol. The van der Waals surface area contributed by atoms with E-state index in [-0.39, 0.29) is 24.8 Å². The molecule has 0 aliphatic heterocycles. The normalized spacial score (nSPS) is 12.0. The molecule has 0 saturated heterocycles. The van der Waals surface area contributed by atoms with Crippen molar-refractivity contribution in [3.8, 4) is 5.75 Å². The second-order valence-corrected chi connectivity index (χ2v) is 5.93. The highest BCUT2D eigenvalue weighted by atomic mass is 16.5. The van der Waals surface area contributed by atoms with E-state index in [1.807, 2.05) is 31.2 Å². The van der Waals surface area contributed by atoms with Crippen LogP contribution in [0.3, 0.4) is 0 Å². The van der Waals surface area contributed by atoms with Crippen molar-refractivity contribution in [2.45, 2.75) is 46.1 Å². The van der Waals surface area contributed by atoms with E-state index in [0.29, 0.717) is 18.9 Å². The molecule has 0 radical (unpaired) electrons. The van der Waals surface area contributed by atoms with E-state index in [1.54, 1.807) is 0 Å². The molecule has 0 bridgehead atoms. The van der Waals surface area contributed by atoms with E-state index >= 15 is 0 Å². The Bertz CT molecular complexity index is 482. The van der Waals surface area contributed by atoms with Crippen molar-refractivity contribution in [3.63, 3.8) is 0 Å². The standard InChI is InChI=1S/C17H25NO4/c1-12(2)11-22-15-7-5-14(6-8-15)10-16(19)18-13(3)4-9-17(20)21/h5-8,12-13H,4,9-11H2,1-3H3,(H,18,19)(H,20,21). The van der Waals surface area contributed by atoms with Crippen molar-refractivity contribution in [2.75, 3.05) is 6.61 Å². The molecule has 1 atom stereocenters. The van der Waals surface area contributed by atoms with Gasteiger partial charge in [-0.2, -0.15) is 0 Å². The molecule has 1 rings (SSSR count). The minimum absolute atomic E-state index is 0.0589. The summed E-state index contributed by atoms with van der Waals surface area (Å²) < 4.78 is 5.59. The van der Waals surface area contributed by atoms with Crippen molar-refractivity contribution in [1.29, 1.82) is 0 Å². The number of ether oxygens (including phenoxy) is 1. The van der Waals surface area contributed by atoms with Crippen molar-refractivity contribution in [3.05, 3.63) is 29.8 Å². The van der Waals surface area contributed by atoms with Gasteiger partial charge >= 0.3 is 5.97 Å². The molecule has 5 heteroatoms. The van der Waals surface area contributed by atoms with E-state index in [1.165, 1.54) is 0 Å². The molecule has 1 amide bonds. The Balaban J connectivity index is 2.39. The van der Waals surface area contributed by atoms with Crippen molar-refractivity contribution >= 4 is 11.9 Å². The molecule has 0 spiro atoms. The number of rotatable bonds is 9. The number of aliphatic carboxylic acids is 1. The summed E-state index contributed by atoms with van der Waals surface area (Å²) in [4.78, 5) is 22.4. The van der Waals surface area contributed by atoms with Gasteiger partial charge in [0.15, 0.2) is 0 Å². The first-order valence-electron chi connectivity index (χ1n) is 7.59. The van der Waals surface area contributed by atoms with E-state index in [0.717, 1.165) is 11.3 Å². The van der Waals surface area contributed by atoms with Gasteiger partial charge in [0.1, 0.15) is 5.75 Å². The van der Waals surface area contributed by atoms with Crippen LogP contribution in [0, 0.1) is 5.92 Å². The summed E-state index contributed by atoms with van der Waals surface area (Å²) in [6, 6.07) is 7.32. The Hall–Kier alpha value is -2.04. The van der Waals surface area contributed by atoms with Crippen LogP contribution in [-0.4, -0.2) is 29.6 Å².